The number of nitro groups is 1. The molecule has 2 unspecified atom stereocenters. The smallest absolute Gasteiger partial charge is 0.352 e. The number of rotatable bonds is 8. The van der Waals surface area contributed by atoms with Crippen LogP contribution in [0.1, 0.15) is 30.1 Å². The highest BCUT2D eigenvalue weighted by Gasteiger charge is 2.20. The van der Waals surface area contributed by atoms with E-state index in [2.05, 4.69) is 0 Å². The van der Waals surface area contributed by atoms with Crippen LogP contribution in [0.2, 0.25) is 0 Å². The number of carbonyl (C=O) groups excluding carboxylic acids is 2. The van der Waals surface area contributed by atoms with Gasteiger partial charge in [-0.05, 0) is 56.2 Å². The Labute approximate surface area is 172 Å². The molecule has 0 N–H and O–H groups in total. The number of nitrogens with zero attached hydrogens (tertiary/aromatic N) is 1. The number of carbonyl (C=O) groups is 2. The average molecular weight is 415 g/mol. The fraction of sp³-hybridized carbons (Fsp3) is 0.333. The predicted molar refractivity (Wildman–Crippen MR) is 105 cm³/mol. The molecule has 9 nitrogen and oxygen atoms in total. The first kappa shape index (κ1) is 21.3. The van der Waals surface area contributed by atoms with Gasteiger partial charge in [-0.2, -0.15) is 0 Å². The molecule has 0 bridgehead atoms. The minimum atomic E-state index is -0.942. The Bertz CT molecular complexity index is 888. The molecule has 30 heavy (non-hydrogen) atoms. The van der Waals surface area contributed by atoms with Crippen LogP contribution >= 0.6 is 0 Å². The van der Waals surface area contributed by atoms with Crippen LogP contribution in [0.15, 0.2) is 48.5 Å². The molecule has 0 radical (unpaired) electrons. The van der Waals surface area contributed by atoms with E-state index in [0.29, 0.717) is 17.9 Å². The number of non-ortho nitro benzene ring substituents is 1. The van der Waals surface area contributed by atoms with Crippen LogP contribution in [0, 0.1) is 10.1 Å². The Kier molecular flexibility index (Phi) is 6.97. The molecular weight excluding hydrogens is 394 g/mol. The molecule has 1 heterocycles. The van der Waals surface area contributed by atoms with Crippen molar-refractivity contribution in [3.63, 3.8) is 0 Å². The topological polar surface area (TPSA) is 114 Å². The van der Waals surface area contributed by atoms with Crippen molar-refractivity contribution in [3.05, 3.63) is 64.2 Å². The van der Waals surface area contributed by atoms with Crippen molar-refractivity contribution in [2.24, 2.45) is 0 Å². The molecule has 1 aliphatic rings. The predicted octanol–water partition coefficient (Wildman–Crippen LogP) is 3.30. The Morgan fingerprint density at radius 1 is 1.13 bits per heavy atom. The highest BCUT2D eigenvalue weighted by atomic mass is 16.6. The summed E-state index contributed by atoms with van der Waals surface area (Å²) in [6, 6.07) is 11.3. The van der Waals surface area contributed by atoms with Gasteiger partial charge in [-0.15, -0.1) is 0 Å². The van der Waals surface area contributed by atoms with E-state index >= 15 is 0 Å². The van der Waals surface area contributed by atoms with E-state index in [-0.39, 0.29) is 24.1 Å². The number of benzene rings is 2. The van der Waals surface area contributed by atoms with E-state index < -0.39 is 23.0 Å². The summed E-state index contributed by atoms with van der Waals surface area (Å²) in [6.45, 7) is 2.41. The Morgan fingerprint density at radius 3 is 2.40 bits per heavy atom. The minimum absolute atomic E-state index is 0.0496. The van der Waals surface area contributed by atoms with Gasteiger partial charge in [0.1, 0.15) is 18.1 Å². The summed E-state index contributed by atoms with van der Waals surface area (Å²) in [7, 11) is 0. The van der Waals surface area contributed by atoms with E-state index in [1.165, 1.54) is 55.5 Å². The monoisotopic (exact) mass is 415 g/mol. The van der Waals surface area contributed by atoms with E-state index in [1.54, 1.807) is 0 Å². The molecule has 1 saturated heterocycles. The first-order valence-electron chi connectivity index (χ1n) is 9.44. The molecule has 9 heteroatoms. The van der Waals surface area contributed by atoms with Crippen LogP contribution in [0.5, 0.6) is 11.5 Å². The third-order valence-electron chi connectivity index (χ3n) is 4.43. The summed E-state index contributed by atoms with van der Waals surface area (Å²) in [5.74, 6) is -0.579. The van der Waals surface area contributed by atoms with Crippen LogP contribution in [0.3, 0.4) is 0 Å². The number of hydrogen-bond acceptors (Lipinski definition) is 8. The molecule has 0 saturated carbocycles. The van der Waals surface area contributed by atoms with Crippen molar-refractivity contribution in [3.8, 4) is 11.5 Å². The molecule has 0 aromatic heterocycles. The fourth-order valence-electron chi connectivity index (χ4n) is 2.78. The highest BCUT2D eigenvalue weighted by Crippen LogP contribution is 2.20. The normalized spacial score (nSPS) is 16.5. The molecule has 2 atom stereocenters. The van der Waals surface area contributed by atoms with Crippen molar-refractivity contribution < 1.29 is 33.5 Å². The summed E-state index contributed by atoms with van der Waals surface area (Å²) >= 11 is 0. The zero-order chi connectivity index (χ0) is 21.5. The van der Waals surface area contributed by atoms with E-state index in [4.69, 9.17) is 18.9 Å². The molecule has 2 aromatic rings. The fourth-order valence-corrected chi connectivity index (χ4v) is 2.78. The summed E-state index contributed by atoms with van der Waals surface area (Å²) in [5.41, 5.74) is 0.259. The highest BCUT2D eigenvalue weighted by molar-refractivity contribution is 5.89. The second-order valence-corrected chi connectivity index (χ2v) is 6.69. The van der Waals surface area contributed by atoms with Gasteiger partial charge in [-0.3, -0.25) is 10.1 Å². The van der Waals surface area contributed by atoms with Crippen LogP contribution < -0.4 is 9.47 Å². The van der Waals surface area contributed by atoms with E-state index in [0.717, 1.165) is 12.8 Å². The van der Waals surface area contributed by atoms with Gasteiger partial charge >= 0.3 is 11.9 Å². The third kappa shape index (κ3) is 5.77. The van der Waals surface area contributed by atoms with E-state index in [9.17, 15) is 19.7 Å². The van der Waals surface area contributed by atoms with Gasteiger partial charge in [0.05, 0.1) is 16.6 Å². The molecule has 0 aliphatic carbocycles. The van der Waals surface area contributed by atoms with E-state index in [1.807, 2.05) is 0 Å². The molecule has 0 spiro atoms. The van der Waals surface area contributed by atoms with Crippen molar-refractivity contribution in [2.75, 3.05) is 13.2 Å². The summed E-state index contributed by atoms with van der Waals surface area (Å²) < 4.78 is 21.3. The van der Waals surface area contributed by atoms with Gasteiger partial charge < -0.3 is 18.9 Å². The lowest BCUT2D eigenvalue weighted by Gasteiger charge is -2.14. The molecule has 3 rings (SSSR count). The summed E-state index contributed by atoms with van der Waals surface area (Å²) in [5, 5.41) is 10.7. The van der Waals surface area contributed by atoms with Gasteiger partial charge in [0.2, 0.25) is 0 Å². The molecule has 158 valence electrons. The van der Waals surface area contributed by atoms with Crippen LogP contribution in [0.25, 0.3) is 0 Å². The van der Waals surface area contributed by atoms with Gasteiger partial charge in [0.25, 0.3) is 5.69 Å². The minimum Gasteiger partial charge on any atom is -0.479 e. The van der Waals surface area contributed by atoms with Gasteiger partial charge in [-0.25, -0.2) is 9.59 Å². The van der Waals surface area contributed by atoms with Gasteiger partial charge in [0.15, 0.2) is 6.10 Å². The second-order valence-electron chi connectivity index (χ2n) is 6.69. The summed E-state index contributed by atoms with van der Waals surface area (Å²) in [6.07, 6.45) is 0.852. The zero-order valence-corrected chi connectivity index (χ0v) is 16.3. The molecule has 1 aliphatic heterocycles. The Hall–Kier alpha value is -3.46. The third-order valence-corrected chi connectivity index (χ3v) is 4.43. The van der Waals surface area contributed by atoms with Crippen molar-refractivity contribution in [1.82, 2.24) is 0 Å². The lowest BCUT2D eigenvalue weighted by molar-refractivity contribution is -0.384. The maximum atomic E-state index is 12.2. The van der Waals surface area contributed by atoms with Crippen molar-refractivity contribution >= 4 is 17.6 Å². The lowest BCUT2D eigenvalue weighted by atomic mass is 10.2. The van der Waals surface area contributed by atoms with Gasteiger partial charge in [0, 0.05) is 18.7 Å². The van der Waals surface area contributed by atoms with Crippen LogP contribution in [0.4, 0.5) is 5.69 Å². The molecule has 1 fully saturated rings. The number of esters is 2. The maximum absolute atomic E-state index is 12.2. The SMILES string of the molecule is CC(Oc1ccc([N+](=O)[O-])cc1)C(=O)Oc1ccc(C(=O)OCC2CCCO2)cc1. The first-order valence-corrected chi connectivity index (χ1v) is 9.44. The molecular formula is C21H21NO8. The summed E-state index contributed by atoms with van der Waals surface area (Å²) in [4.78, 5) is 34.4. The number of nitro benzene ring substituents is 1. The largest absolute Gasteiger partial charge is 0.479 e. The Balaban J connectivity index is 1.49. The Morgan fingerprint density at radius 2 is 1.80 bits per heavy atom. The number of ether oxygens (including phenoxy) is 4. The standard InChI is InChI=1S/C21H21NO8/c1-14(29-17-10-6-16(7-11-17)22(25)26)20(23)30-18-8-4-15(5-9-18)21(24)28-13-19-3-2-12-27-19/h4-11,14,19H,2-3,12-13H2,1H3. The second kappa shape index (κ2) is 9.84. The van der Waals surface area contributed by atoms with Crippen LogP contribution in [-0.2, 0) is 14.3 Å². The molecule has 2 aromatic carbocycles. The maximum Gasteiger partial charge on any atom is 0.352 e. The van der Waals surface area contributed by atoms with Gasteiger partial charge in [-0.1, -0.05) is 0 Å². The van der Waals surface area contributed by atoms with Crippen molar-refractivity contribution in [2.45, 2.75) is 32.0 Å². The molecule has 0 amide bonds. The zero-order valence-electron chi connectivity index (χ0n) is 16.3. The van der Waals surface area contributed by atoms with Crippen LogP contribution in [-0.4, -0.2) is 42.3 Å². The first-order chi connectivity index (χ1) is 14.4. The average Bonchev–Trinajstić information content (AvgIpc) is 3.26. The van der Waals surface area contributed by atoms with Crippen molar-refractivity contribution in [1.29, 1.82) is 0 Å². The number of hydrogen-bond donors (Lipinski definition) is 0. The quantitative estimate of drug-likeness (QED) is 0.279. The lowest BCUT2D eigenvalue weighted by Crippen LogP contribution is -2.28.